The van der Waals surface area contributed by atoms with Gasteiger partial charge in [0.15, 0.2) is 0 Å². The van der Waals surface area contributed by atoms with Gasteiger partial charge in [0.2, 0.25) is 5.88 Å². The van der Waals surface area contributed by atoms with Gasteiger partial charge in [0.1, 0.15) is 5.56 Å². The Hall–Kier alpha value is -3.77. The van der Waals surface area contributed by atoms with Gasteiger partial charge in [-0.2, -0.15) is 5.10 Å². The number of hydrogen-bond donors (Lipinski definition) is 3. The molecule has 1 heterocycles. The van der Waals surface area contributed by atoms with Gasteiger partial charge in [-0.05, 0) is 101 Å². The first kappa shape index (κ1) is 27.4. The van der Waals surface area contributed by atoms with Crippen molar-refractivity contribution in [2.45, 2.75) is 43.9 Å². The first-order valence-corrected chi connectivity index (χ1v) is 14.4. The number of rotatable bonds is 6. The molecule has 1 amide bonds. The fraction of sp³-hybridized carbons (Fsp3) is 0.357. The van der Waals surface area contributed by atoms with Crippen molar-refractivity contribution in [2.75, 3.05) is 0 Å². The summed E-state index contributed by atoms with van der Waals surface area (Å²) in [7, 11) is 0. The zero-order chi connectivity index (χ0) is 29.1. The second-order valence-electron chi connectivity index (χ2n) is 11.3. The van der Waals surface area contributed by atoms with Crippen LogP contribution in [0.4, 0.5) is 5.69 Å². The lowest BCUT2D eigenvalue weighted by atomic mass is 9.48. The van der Waals surface area contributed by atoms with Crippen molar-refractivity contribution in [3.8, 4) is 11.6 Å². The largest absolute Gasteiger partial charge is 0.493 e. The van der Waals surface area contributed by atoms with Crippen LogP contribution in [0.3, 0.4) is 0 Å². The fourth-order valence-corrected chi connectivity index (χ4v) is 8.14. The quantitative estimate of drug-likeness (QED) is 0.199. The molecule has 0 radical (unpaired) electrons. The van der Waals surface area contributed by atoms with E-state index in [4.69, 9.17) is 11.6 Å². The van der Waals surface area contributed by atoms with Crippen LogP contribution in [0.25, 0.3) is 5.69 Å². The monoisotopic (exact) mass is 641 g/mol. The van der Waals surface area contributed by atoms with Gasteiger partial charge < -0.3 is 5.11 Å². The van der Waals surface area contributed by atoms with Gasteiger partial charge in [0, 0.05) is 16.6 Å². The number of nitrogens with one attached hydrogen (secondary N) is 2. The van der Waals surface area contributed by atoms with E-state index in [1.54, 1.807) is 6.07 Å². The minimum Gasteiger partial charge on any atom is -0.493 e. The van der Waals surface area contributed by atoms with E-state index in [0.29, 0.717) is 10.2 Å². The van der Waals surface area contributed by atoms with Crippen LogP contribution in [0, 0.1) is 27.9 Å². The van der Waals surface area contributed by atoms with Crippen LogP contribution >= 0.6 is 27.5 Å². The third-order valence-corrected chi connectivity index (χ3v) is 9.69. The Morgan fingerprint density at radius 2 is 1.80 bits per heavy atom. The van der Waals surface area contributed by atoms with E-state index in [-0.39, 0.29) is 27.3 Å². The molecule has 1 aromatic heterocycles. The number of non-ortho nitro benzene ring substituents is 1. The number of halogens is 2. The Morgan fingerprint density at radius 1 is 1.15 bits per heavy atom. The Kier molecular flexibility index (Phi) is 6.85. The van der Waals surface area contributed by atoms with Gasteiger partial charge in [-0.3, -0.25) is 24.7 Å². The zero-order valence-corrected chi connectivity index (χ0v) is 23.9. The molecule has 0 aliphatic heterocycles. The molecule has 2 aromatic carbocycles. The summed E-state index contributed by atoms with van der Waals surface area (Å²) in [5.74, 6) is 0.749. The molecule has 0 spiro atoms. The molecule has 4 aliphatic carbocycles. The molecule has 0 unspecified atom stereocenters. The van der Waals surface area contributed by atoms with Crippen LogP contribution in [-0.4, -0.2) is 31.7 Å². The Morgan fingerprint density at radius 3 is 2.41 bits per heavy atom. The SMILES string of the molecule is O=C(NN=Cc1c(O)n(-c2ccc(C34CC5CC(CC(C5)C3)C4)cc2Br)c(=O)[nH]c1=O)c1cc([N+](=O)[O-])ccc1Cl. The second kappa shape index (κ2) is 10.3. The molecule has 4 saturated carbocycles. The van der Waals surface area contributed by atoms with E-state index in [1.807, 2.05) is 12.1 Å². The molecule has 212 valence electrons. The molecule has 13 heteroatoms. The van der Waals surface area contributed by atoms with E-state index in [0.717, 1.165) is 40.7 Å². The number of nitro benzene ring substituents is 1. The van der Waals surface area contributed by atoms with Crippen molar-refractivity contribution < 1.29 is 14.8 Å². The minimum atomic E-state index is -0.920. The predicted octanol–water partition coefficient (Wildman–Crippen LogP) is 4.79. The summed E-state index contributed by atoms with van der Waals surface area (Å²) in [6.45, 7) is 0. The summed E-state index contributed by atoms with van der Waals surface area (Å²) >= 11 is 9.57. The van der Waals surface area contributed by atoms with E-state index in [2.05, 4.69) is 31.4 Å². The highest BCUT2D eigenvalue weighted by atomic mass is 79.9. The molecule has 4 aliphatic rings. The van der Waals surface area contributed by atoms with Crippen LogP contribution in [0.1, 0.15) is 60.0 Å². The maximum absolute atomic E-state index is 12.8. The number of hydrazone groups is 1. The second-order valence-corrected chi connectivity index (χ2v) is 12.6. The molecule has 4 bridgehead atoms. The standard InChI is InChI=1S/C28H25BrClN5O6/c29-21-8-17(28-10-14-5-15(11-28)7-16(6-14)12-28)1-4-23(21)34-26(38)20(24(36)32-27(34)39)13-31-33-25(37)19-9-18(35(40)41)2-3-22(19)30/h1-4,8-9,13-16,38H,5-7,10-12H2,(H,33,37)(H,32,36,39). The first-order valence-electron chi connectivity index (χ1n) is 13.2. The third-order valence-electron chi connectivity index (χ3n) is 8.73. The van der Waals surface area contributed by atoms with Gasteiger partial charge >= 0.3 is 5.69 Å². The molecular formula is C28H25BrClN5O6. The molecule has 11 nitrogen and oxygen atoms in total. The number of aromatic nitrogens is 2. The number of nitrogens with zero attached hydrogens (tertiary/aromatic N) is 3. The summed E-state index contributed by atoms with van der Waals surface area (Å²) in [4.78, 5) is 50.4. The van der Waals surface area contributed by atoms with Crippen molar-refractivity contribution >= 4 is 45.3 Å². The van der Waals surface area contributed by atoms with E-state index in [1.165, 1.54) is 50.2 Å². The number of carbonyl (C=O) groups is 1. The molecule has 41 heavy (non-hydrogen) atoms. The van der Waals surface area contributed by atoms with Crippen LogP contribution in [-0.2, 0) is 5.41 Å². The highest BCUT2D eigenvalue weighted by molar-refractivity contribution is 9.10. The number of amides is 1. The average Bonchev–Trinajstić information content (AvgIpc) is 2.90. The van der Waals surface area contributed by atoms with E-state index >= 15 is 0 Å². The topological polar surface area (TPSA) is 160 Å². The summed E-state index contributed by atoms with van der Waals surface area (Å²) in [6, 6.07) is 9.11. The van der Waals surface area contributed by atoms with Crippen molar-refractivity contribution in [1.82, 2.24) is 15.0 Å². The average molecular weight is 643 g/mol. The number of carbonyl (C=O) groups excluding carboxylic acids is 1. The Bertz CT molecular complexity index is 1710. The zero-order valence-electron chi connectivity index (χ0n) is 21.6. The number of hydrogen-bond acceptors (Lipinski definition) is 7. The highest BCUT2D eigenvalue weighted by Crippen LogP contribution is 2.61. The van der Waals surface area contributed by atoms with Crippen LogP contribution < -0.4 is 16.7 Å². The predicted molar refractivity (Wildman–Crippen MR) is 155 cm³/mol. The Labute approximate surface area is 246 Å². The van der Waals surface area contributed by atoms with Gasteiger partial charge in [-0.25, -0.2) is 14.8 Å². The number of nitro groups is 1. The maximum Gasteiger partial charge on any atom is 0.335 e. The summed E-state index contributed by atoms with van der Waals surface area (Å²) in [6.07, 6.45) is 8.35. The lowest BCUT2D eigenvalue weighted by Gasteiger charge is -2.57. The smallest absolute Gasteiger partial charge is 0.335 e. The third kappa shape index (κ3) is 4.88. The number of aromatic hydroxyl groups is 1. The minimum absolute atomic E-state index is 0.0422. The van der Waals surface area contributed by atoms with E-state index in [9.17, 15) is 29.6 Å². The fourth-order valence-electron chi connectivity index (χ4n) is 7.38. The van der Waals surface area contributed by atoms with Crippen LogP contribution in [0.2, 0.25) is 5.02 Å². The number of aromatic amines is 1. The number of benzene rings is 2. The van der Waals surface area contributed by atoms with Crippen molar-refractivity contribution in [3.63, 3.8) is 0 Å². The van der Waals surface area contributed by atoms with E-state index < -0.39 is 28.0 Å². The van der Waals surface area contributed by atoms with Gasteiger partial charge in [0.05, 0.1) is 27.4 Å². The summed E-state index contributed by atoms with van der Waals surface area (Å²) in [5, 5.41) is 25.7. The molecule has 3 N–H and O–H groups in total. The van der Waals surface area contributed by atoms with Gasteiger partial charge in [-0.1, -0.05) is 17.7 Å². The van der Waals surface area contributed by atoms with Crippen LogP contribution in [0.15, 0.2) is 55.6 Å². The lowest BCUT2D eigenvalue weighted by Crippen LogP contribution is -2.48. The van der Waals surface area contributed by atoms with Gasteiger partial charge in [-0.15, -0.1) is 0 Å². The lowest BCUT2D eigenvalue weighted by molar-refractivity contribution is -0.384. The molecule has 0 saturated heterocycles. The van der Waals surface area contributed by atoms with Crippen LogP contribution in [0.5, 0.6) is 5.88 Å². The Balaban J connectivity index is 1.28. The maximum atomic E-state index is 12.8. The normalized spacial score (nSPS) is 24.6. The van der Waals surface area contributed by atoms with Crippen molar-refractivity contribution in [2.24, 2.45) is 22.9 Å². The number of H-pyrrole nitrogens is 1. The molecule has 4 fully saturated rings. The first-order chi connectivity index (χ1) is 19.5. The van der Waals surface area contributed by atoms with Crippen molar-refractivity contribution in [1.29, 1.82) is 0 Å². The van der Waals surface area contributed by atoms with Crippen molar-refractivity contribution in [3.05, 3.63) is 93.5 Å². The summed E-state index contributed by atoms with van der Waals surface area (Å²) in [5.41, 5.74) is 1.11. The summed E-state index contributed by atoms with van der Waals surface area (Å²) < 4.78 is 1.54. The molecule has 0 atom stereocenters. The molecule has 7 rings (SSSR count). The molecule has 3 aromatic rings. The molecular weight excluding hydrogens is 618 g/mol. The highest BCUT2D eigenvalue weighted by Gasteiger charge is 2.51. The van der Waals surface area contributed by atoms with Gasteiger partial charge in [0.25, 0.3) is 17.2 Å².